The van der Waals surface area contributed by atoms with Crippen LogP contribution < -0.4 is 10.1 Å². The minimum absolute atomic E-state index is 0.145. The van der Waals surface area contributed by atoms with E-state index in [0.29, 0.717) is 31.0 Å². The van der Waals surface area contributed by atoms with Gasteiger partial charge in [0, 0.05) is 31.4 Å². The highest BCUT2D eigenvalue weighted by Gasteiger charge is 2.40. The monoisotopic (exact) mass is 368 g/mol. The molecule has 2 amide bonds. The molecule has 2 aromatic rings. The predicted octanol–water partition coefficient (Wildman–Crippen LogP) is 2.55. The van der Waals surface area contributed by atoms with Crippen LogP contribution in [0.15, 0.2) is 48.5 Å². The van der Waals surface area contributed by atoms with Crippen molar-refractivity contribution in [2.45, 2.75) is 19.0 Å². The molecule has 27 heavy (non-hydrogen) atoms. The van der Waals surface area contributed by atoms with Gasteiger partial charge in [-0.3, -0.25) is 9.59 Å². The first-order valence-electron chi connectivity index (χ1n) is 8.95. The maximum atomic E-state index is 13.0. The lowest BCUT2D eigenvalue weighted by molar-refractivity contribution is -0.125. The molecule has 1 heterocycles. The number of methoxy groups -OCH3 is 2. The molecule has 3 rings (SSSR count). The van der Waals surface area contributed by atoms with Gasteiger partial charge >= 0.3 is 0 Å². The van der Waals surface area contributed by atoms with Crippen LogP contribution in [0.25, 0.3) is 0 Å². The number of nitrogens with one attached hydrogen (secondary N) is 1. The summed E-state index contributed by atoms with van der Waals surface area (Å²) in [7, 11) is 3.22. The van der Waals surface area contributed by atoms with E-state index in [1.54, 1.807) is 25.2 Å². The molecule has 0 spiro atoms. The number of nitrogens with zero attached hydrogens (tertiary/aromatic N) is 1. The fourth-order valence-corrected chi connectivity index (χ4v) is 3.36. The zero-order valence-corrected chi connectivity index (χ0v) is 15.6. The molecule has 0 aliphatic carbocycles. The SMILES string of the molecule is COCCCNC(=O)[C@@H]1c2ccccc2C(=O)N1Cc1ccccc1OC. The molecule has 0 aromatic heterocycles. The lowest BCUT2D eigenvalue weighted by Gasteiger charge is -2.25. The summed E-state index contributed by atoms with van der Waals surface area (Å²) in [6.45, 7) is 1.38. The Balaban J connectivity index is 1.86. The first-order valence-corrected chi connectivity index (χ1v) is 8.95. The van der Waals surface area contributed by atoms with Crippen LogP contribution in [-0.2, 0) is 16.1 Å². The van der Waals surface area contributed by atoms with Gasteiger partial charge in [0.15, 0.2) is 0 Å². The number of hydrogen-bond donors (Lipinski definition) is 1. The van der Waals surface area contributed by atoms with Crippen LogP contribution in [-0.4, -0.2) is 44.1 Å². The van der Waals surface area contributed by atoms with E-state index in [9.17, 15) is 9.59 Å². The van der Waals surface area contributed by atoms with E-state index in [0.717, 1.165) is 17.5 Å². The Morgan fingerprint density at radius 1 is 1.11 bits per heavy atom. The van der Waals surface area contributed by atoms with E-state index in [4.69, 9.17) is 9.47 Å². The topological polar surface area (TPSA) is 67.9 Å². The molecule has 1 aliphatic heterocycles. The number of amides is 2. The van der Waals surface area contributed by atoms with E-state index >= 15 is 0 Å². The molecule has 2 aromatic carbocycles. The Kier molecular flexibility index (Phi) is 6.08. The Morgan fingerprint density at radius 2 is 1.85 bits per heavy atom. The van der Waals surface area contributed by atoms with Gasteiger partial charge in [-0.25, -0.2) is 0 Å². The van der Waals surface area contributed by atoms with Gasteiger partial charge in [0.1, 0.15) is 11.8 Å². The number of hydrogen-bond acceptors (Lipinski definition) is 4. The molecular formula is C21H24N2O4. The van der Waals surface area contributed by atoms with E-state index < -0.39 is 6.04 Å². The summed E-state index contributed by atoms with van der Waals surface area (Å²) in [5.74, 6) is 0.369. The van der Waals surface area contributed by atoms with Crippen molar-refractivity contribution in [2.24, 2.45) is 0 Å². The van der Waals surface area contributed by atoms with Crippen molar-refractivity contribution >= 4 is 11.8 Å². The fraction of sp³-hybridized carbons (Fsp3) is 0.333. The number of carbonyl (C=O) groups is 2. The van der Waals surface area contributed by atoms with Crippen LogP contribution in [0, 0.1) is 0 Å². The average molecular weight is 368 g/mol. The Hall–Kier alpha value is -2.86. The summed E-state index contributed by atoms with van der Waals surface area (Å²) in [5.41, 5.74) is 2.17. The van der Waals surface area contributed by atoms with Crippen molar-refractivity contribution in [1.29, 1.82) is 0 Å². The number of rotatable bonds is 8. The van der Waals surface area contributed by atoms with Crippen LogP contribution in [0.4, 0.5) is 0 Å². The lowest BCUT2D eigenvalue weighted by Crippen LogP contribution is -2.39. The molecule has 1 atom stereocenters. The zero-order chi connectivity index (χ0) is 19.2. The van der Waals surface area contributed by atoms with Crippen LogP contribution in [0.2, 0.25) is 0 Å². The third kappa shape index (κ3) is 3.95. The van der Waals surface area contributed by atoms with Gasteiger partial charge < -0.3 is 19.7 Å². The quantitative estimate of drug-likeness (QED) is 0.727. The Morgan fingerprint density at radius 3 is 2.63 bits per heavy atom. The molecule has 0 bridgehead atoms. The first kappa shape index (κ1) is 18.9. The van der Waals surface area contributed by atoms with Crippen molar-refractivity contribution in [1.82, 2.24) is 10.2 Å². The number of ether oxygens (including phenoxy) is 2. The summed E-state index contributed by atoms with van der Waals surface area (Å²) in [6.07, 6.45) is 0.719. The molecule has 1 N–H and O–H groups in total. The van der Waals surface area contributed by atoms with Crippen molar-refractivity contribution in [2.75, 3.05) is 27.4 Å². The molecule has 6 nitrogen and oxygen atoms in total. The average Bonchev–Trinajstić information content (AvgIpc) is 2.98. The Labute approximate surface area is 159 Å². The standard InChI is InChI=1S/C21H24N2O4/c1-26-13-7-12-22-20(24)19-16-9-4-5-10-17(16)21(25)23(19)14-15-8-3-6-11-18(15)27-2/h3-6,8-11,19H,7,12-14H2,1-2H3,(H,22,24)/t19-/m0/s1. The Bertz CT molecular complexity index is 821. The molecule has 0 unspecified atom stereocenters. The highest BCUT2D eigenvalue weighted by Crippen LogP contribution is 2.36. The van der Waals surface area contributed by atoms with Crippen molar-refractivity contribution in [3.63, 3.8) is 0 Å². The van der Waals surface area contributed by atoms with E-state index in [1.165, 1.54) is 0 Å². The van der Waals surface area contributed by atoms with Gasteiger partial charge in [-0.1, -0.05) is 36.4 Å². The maximum Gasteiger partial charge on any atom is 0.255 e. The van der Waals surface area contributed by atoms with Gasteiger partial charge in [-0.2, -0.15) is 0 Å². The smallest absolute Gasteiger partial charge is 0.255 e. The summed E-state index contributed by atoms with van der Waals surface area (Å²) < 4.78 is 10.4. The zero-order valence-electron chi connectivity index (χ0n) is 15.6. The van der Waals surface area contributed by atoms with Crippen LogP contribution in [0.5, 0.6) is 5.75 Å². The third-order valence-electron chi connectivity index (χ3n) is 4.66. The minimum atomic E-state index is -0.652. The fourth-order valence-electron chi connectivity index (χ4n) is 3.36. The van der Waals surface area contributed by atoms with Crippen LogP contribution in [0.1, 0.15) is 33.9 Å². The first-order chi connectivity index (χ1) is 13.2. The molecule has 142 valence electrons. The second kappa shape index (κ2) is 8.68. The molecule has 6 heteroatoms. The van der Waals surface area contributed by atoms with Gasteiger partial charge in [-0.15, -0.1) is 0 Å². The molecule has 0 saturated heterocycles. The van der Waals surface area contributed by atoms with E-state index in [2.05, 4.69) is 5.32 Å². The van der Waals surface area contributed by atoms with Crippen molar-refractivity contribution in [3.05, 3.63) is 65.2 Å². The largest absolute Gasteiger partial charge is 0.496 e. The van der Waals surface area contributed by atoms with Crippen molar-refractivity contribution < 1.29 is 19.1 Å². The second-order valence-electron chi connectivity index (χ2n) is 6.37. The minimum Gasteiger partial charge on any atom is -0.496 e. The van der Waals surface area contributed by atoms with Gasteiger partial charge in [0.05, 0.1) is 13.7 Å². The normalized spacial score (nSPS) is 15.6. The van der Waals surface area contributed by atoms with Crippen molar-refractivity contribution in [3.8, 4) is 5.75 Å². The van der Waals surface area contributed by atoms with E-state index in [-0.39, 0.29) is 11.8 Å². The molecular weight excluding hydrogens is 344 g/mol. The highest BCUT2D eigenvalue weighted by molar-refractivity contribution is 6.04. The molecule has 0 saturated carbocycles. The maximum absolute atomic E-state index is 13.0. The van der Waals surface area contributed by atoms with Gasteiger partial charge in [0.2, 0.25) is 5.91 Å². The predicted molar refractivity (Wildman–Crippen MR) is 102 cm³/mol. The van der Waals surface area contributed by atoms with Crippen LogP contribution >= 0.6 is 0 Å². The molecule has 0 fully saturated rings. The summed E-state index contributed by atoms with van der Waals surface area (Å²) in [4.78, 5) is 27.5. The van der Waals surface area contributed by atoms with E-state index in [1.807, 2.05) is 42.5 Å². The second-order valence-corrected chi connectivity index (χ2v) is 6.37. The number of fused-ring (bicyclic) bond motifs is 1. The van der Waals surface area contributed by atoms with Gasteiger partial charge in [-0.05, 0) is 24.1 Å². The third-order valence-corrected chi connectivity index (χ3v) is 4.66. The van der Waals surface area contributed by atoms with Gasteiger partial charge in [0.25, 0.3) is 5.91 Å². The summed E-state index contributed by atoms with van der Waals surface area (Å²) in [5, 5.41) is 2.92. The van der Waals surface area contributed by atoms with Crippen LogP contribution in [0.3, 0.4) is 0 Å². The number of para-hydroxylation sites is 1. The molecule has 0 radical (unpaired) electrons. The molecule has 1 aliphatic rings. The number of carbonyl (C=O) groups excluding carboxylic acids is 2. The summed E-state index contributed by atoms with van der Waals surface area (Å²) >= 11 is 0. The number of benzene rings is 2. The highest BCUT2D eigenvalue weighted by atomic mass is 16.5. The summed E-state index contributed by atoms with van der Waals surface area (Å²) in [6, 6.07) is 14.2. The lowest BCUT2D eigenvalue weighted by atomic mass is 10.0.